The third-order valence-electron chi connectivity index (χ3n) is 3.04. The molecule has 1 aromatic heterocycles. The van der Waals surface area contributed by atoms with Gasteiger partial charge in [-0.25, -0.2) is 0 Å². The van der Waals surface area contributed by atoms with Crippen LogP contribution in [0.15, 0.2) is 4.52 Å². The van der Waals surface area contributed by atoms with Crippen LogP contribution < -0.4 is 0 Å². The van der Waals surface area contributed by atoms with Crippen LogP contribution in [0.3, 0.4) is 0 Å². The molecule has 0 saturated heterocycles. The van der Waals surface area contributed by atoms with Gasteiger partial charge < -0.3 is 4.52 Å². The lowest BCUT2D eigenvalue weighted by Crippen LogP contribution is -2.10. The zero-order valence-electron chi connectivity index (χ0n) is 8.94. The summed E-state index contributed by atoms with van der Waals surface area (Å²) in [7, 11) is 0. The Morgan fingerprint density at radius 2 is 2.40 bits per heavy atom. The summed E-state index contributed by atoms with van der Waals surface area (Å²) in [6.45, 7) is 2.02. The van der Waals surface area contributed by atoms with Crippen LogP contribution in [0.4, 0.5) is 0 Å². The van der Waals surface area contributed by atoms with Gasteiger partial charge in [-0.1, -0.05) is 18.5 Å². The fraction of sp³-hybridized carbons (Fsp3) is 0.727. The van der Waals surface area contributed by atoms with Crippen molar-refractivity contribution >= 4 is 0 Å². The molecule has 1 aliphatic rings. The highest BCUT2D eigenvalue weighted by Crippen LogP contribution is 2.35. The van der Waals surface area contributed by atoms with E-state index in [1.54, 1.807) is 0 Å². The molecular weight excluding hydrogens is 190 g/mol. The first kappa shape index (κ1) is 10.2. The Morgan fingerprint density at radius 3 is 3.00 bits per heavy atom. The van der Waals surface area contributed by atoms with Crippen molar-refractivity contribution in [2.24, 2.45) is 0 Å². The molecule has 15 heavy (non-hydrogen) atoms. The number of nitrogens with zero attached hydrogens (tertiary/aromatic N) is 3. The largest absolute Gasteiger partial charge is 0.339 e. The van der Waals surface area contributed by atoms with Crippen molar-refractivity contribution in [1.29, 1.82) is 5.26 Å². The van der Waals surface area contributed by atoms with Gasteiger partial charge in [-0.3, -0.25) is 0 Å². The first-order valence-electron chi connectivity index (χ1n) is 5.51. The molecule has 80 valence electrons. The summed E-state index contributed by atoms with van der Waals surface area (Å²) in [4.78, 5) is 4.40. The van der Waals surface area contributed by atoms with Gasteiger partial charge in [-0.15, -0.1) is 0 Å². The van der Waals surface area contributed by atoms with Crippen LogP contribution in [-0.2, 0) is 0 Å². The molecule has 1 aliphatic carbocycles. The molecule has 2 rings (SSSR count). The van der Waals surface area contributed by atoms with Crippen molar-refractivity contribution in [3.05, 3.63) is 11.7 Å². The van der Waals surface area contributed by atoms with Crippen LogP contribution in [0.1, 0.15) is 62.6 Å². The number of hydrogen-bond acceptors (Lipinski definition) is 4. The van der Waals surface area contributed by atoms with Gasteiger partial charge in [0.25, 0.3) is 0 Å². The second kappa shape index (κ2) is 4.43. The van der Waals surface area contributed by atoms with Crippen molar-refractivity contribution < 1.29 is 4.52 Å². The van der Waals surface area contributed by atoms with E-state index < -0.39 is 0 Å². The summed E-state index contributed by atoms with van der Waals surface area (Å²) in [6, 6.07) is 2.13. The molecule has 0 aliphatic heterocycles. The number of hydrogen-bond donors (Lipinski definition) is 0. The van der Waals surface area contributed by atoms with Crippen LogP contribution >= 0.6 is 0 Å². The molecule has 1 heterocycles. The van der Waals surface area contributed by atoms with E-state index in [0.29, 0.717) is 18.2 Å². The predicted octanol–water partition coefficient (Wildman–Crippen LogP) is 2.74. The molecule has 0 spiro atoms. The lowest BCUT2D eigenvalue weighted by Gasteiger charge is -2.21. The zero-order chi connectivity index (χ0) is 10.7. The summed E-state index contributed by atoms with van der Waals surface area (Å²) < 4.78 is 5.21. The van der Waals surface area contributed by atoms with Crippen molar-refractivity contribution in [2.45, 2.75) is 50.9 Å². The van der Waals surface area contributed by atoms with Gasteiger partial charge in [0.2, 0.25) is 5.89 Å². The maximum atomic E-state index is 8.49. The predicted molar refractivity (Wildman–Crippen MR) is 54.2 cm³/mol. The Bertz CT molecular complexity index is 362. The highest BCUT2D eigenvalue weighted by Gasteiger charge is 2.25. The minimum atomic E-state index is 0.200. The minimum Gasteiger partial charge on any atom is -0.339 e. The van der Waals surface area contributed by atoms with Crippen molar-refractivity contribution in [1.82, 2.24) is 10.1 Å². The number of aromatic nitrogens is 2. The number of nitriles is 1. The topological polar surface area (TPSA) is 62.7 Å². The maximum Gasteiger partial charge on any atom is 0.229 e. The monoisotopic (exact) mass is 205 g/mol. The van der Waals surface area contributed by atoms with Crippen LogP contribution in [0, 0.1) is 11.3 Å². The smallest absolute Gasteiger partial charge is 0.229 e. The first-order chi connectivity index (χ1) is 7.31. The Balaban J connectivity index is 1.96. The maximum absolute atomic E-state index is 8.49. The van der Waals surface area contributed by atoms with Crippen LogP contribution in [-0.4, -0.2) is 10.1 Å². The minimum absolute atomic E-state index is 0.200. The number of rotatable bonds is 4. The second-order valence-corrected chi connectivity index (χ2v) is 4.22. The van der Waals surface area contributed by atoms with Gasteiger partial charge in [0.05, 0.1) is 6.07 Å². The molecule has 0 bridgehead atoms. The Morgan fingerprint density at radius 1 is 1.60 bits per heavy atom. The summed E-state index contributed by atoms with van der Waals surface area (Å²) in [5.74, 6) is 2.27. The third kappa shape index (κ3) is 2.17. The quantitative estimate of drug-likeness (QED) is 0.758. The molecule has 4 nitrogen and oxygen atoms in total. The first-order valence-corrected chi connectivity index (χ1v) is 5.51. The van der Waals surface area contributed by atoms with E-state index >= 15 is 0 Å². The van der Waals surface area contributed by atoms with Crippen LogP contribution in [0.25, 0.3) is 0 Å². The van der Waals surface area contributed by atoms with E-state index in [0.717, 1.165) is 12.2 Å². The molecule has 0 aromatic carbocycles. The Labute approximate surface area is 89.3 Å². The van der Waals surface area contributed by atoms with Crippen molar-refractivity contribution in [3.8, 4) is 6.07 Å². The third-order valence-corrected chi connectivity index (χ3v) is 3.04. The molecule has 1 fully saturated rings. The van der Waals surface area contributed by atoms with E-state index in [4.69, 9.17) is 9.78 Å². The van der Waals surface area contributed by atoms with E-state index in [1.165, 1.54) is 19.3 Å². The summed E-state index contributed by atoms with van der Waals surface area (Å²) in [6.07, 6.45) is 4.99. The fourth-order valence-electron chi connectivity index (χ4n) is 1.68. The van der Waals surface area contributed by atoms with Gasteiger partial charge in [0, 0.05) is 18.3 Å². The highest BCUT2D eigenvalue weighted by molar-refractivity contribution is 5.01. The average Bonchev–Trinajstić information content (AvgIpc) is 2.60. The van der Waals surface area contributed by atoms with Gasteiger partial charge in [0.1, 0.15) is 0 Å². The molecule has 1 unspecified atom stereocenters. The molecule has 0 amide bonds. The summed E-state index contributed by atoms with van der Waals surface area (Å²) in [5.41, 5.74) is 0. The van der Waals surface area contributed by atoms with E-state index in [2.05, 4.69) is 16.2 Å². The molecule has 4 heteroatoms. The SMILES string of the molecule is CC(CCC#N)c1nc(C2CCC2)no1. The summed E-state index contributed by atoms with van der Waals surface area (Å²) >= 11 is 0. The average molecular weight is 205 g/mol. The Hall–Kier alpha value is -1.37. The lowest BCUT2D eigenvalue weighted by molar-refractivity contribution is 0.334. The molecule has 1 aromatic rings. The summed E-state index contributed by atoms with van der Waals surface area (Å²) in [5, 5.41) is 12.5. The van der Waals surface area contributed by atoms with E-state index in [9.17, 15) is 0 Å². The molecule has 1 atom stereocenters. The van der Waals surface area contributed by atoms with Crippen LogP contribution in [0.2, 0.25) is 0 Å². The molecule has 0 radical (unpaired) electrons. The highest BCUT2D eigenvalue weighted by atomic mass is 16.5. The zero-order valence-corrected chi connectivity index (χ0v) is 8.94. The second-order valence-electron chi connectivity index (χ2n) is 4.22. The normalized spacial score (nSPS) is 18.1. The van der Waals surface area contributed by atoms with Gasteiger partial charge >= 0.3 is 0 Å². The Kier molecular flexibility index (Phi) is 3.00. The molecule has 1 saturated carbocycles. The lowest BCUT2D eigenvalue weighted by atomic mass is 9.85. The van der Waals surface area contributed by atoms with E-state index in [-0.39, 0.29) is 5.92 Å². The van der Waals surface area contributed by atoms with Gasteiger partial charge in [0.15, 0.2) is 5.82 Å². The van der Waals surface area contributed by atoms with Crippen molar-refractivity contribution in [3.63, 3.8) is 0 Å². The standard InChI is InChI=1S/C11H15N3O/c1-8(4-3-7-12)11-13-10(14-15-11)9-5-2-6-9/h8-9H,2-6H2,1H3. The van der Waals surface area contributed by atoms with Crippen LogP contribution in [0.5, 0.6) is 0 Å². The van der Waals surface area contributed by atoms with Gasteiger partial charge in [-0.2, -0.15) is 10.2 Å². The fourth-order valence-corrected chi connectivity index (χ4v) is 1.68. The molecular formula is C11H15N3O. The van der Waals surface area contributed by atoms with Gasteiger partial charge in [-0.05, 0) is 19.3 Å². The van der Waals surface area contributed by atoms with E-state index in [1.807, 2.05) is 6.92 Å². The van der Waals surface area contributed by atoms with Crippen molar-refractivity contribution in [2.75, 3.05) is 0 Å². The molecule has 0 N–H and O–H groups in total.